The van der Waals surface area contributed by atoms with Gasteiger partial charge >= 0.3 is 0 Å². The van der Waals surface area contributed by atoms with Crippen LogP contribution in [0, 0.1) is 0 Å². The Labute approximate surface area is 143 Å². The van der Waals surface area contributed by atoms with E-state index in [1.807, 2.05) is 18.4 Å². The lowest BCUT2D eigenvalue weighted by molar-refractivity contribution is -0.119. The zero-order valence-electron chi connectivity index (χ0n) is 13.2. The number of hydrogen-bond donors (Lipinski definition) is 1. The van der Waals surface area contributed by atoms with Crippen LogP contribution in [0.25, 0.3) is 10.2 Å². The van der Waals surface area contributed by atoms with Crippen molar-refractivity contribution in [1.29, 1.82) is 0 Å². The van der Waals surface area contributed by atoms with Crippen LogP contribution >= 0.6 is 23.1 Å². The Hall–Kier alpha value is -1.34. The maximum Gasteiger partial charge on any atom is 0.272 e. The van der Waals surface area contributed by atoms with E-state index in [1.54, 1.807) is 4.57 Å². The van der Waals surface area contributed by atoms with Crippen LogP contribution < -0.4 is 10.9 Å². The van der Waals surface area contributed by atoms with E-state index in [9.17, 15) is 9.59 Å². The fourth-order valence-electron chi connectivity index (χ4n) is 2.96. The summed E-state index contributed by atoms with van der Waals surface area (Å²) in [5, 5.41) is 5.61. The van der Waals surface area contributed by atoms with Gasteiger partial charge < -0.3 is 5.32 Å². The van der Waals surface area contributed by atoms with Gasteiger partial charge in [-0.05, 0) is 31.2 Å². The molecule has 0 aromatic carbocycles. The monoisotopic (exact) mass is 351 g/mol. The molecule has 0 aliphatic heterocycles. The second kappa shape index (κ2) is 7.49. The van der Waals surface area contributed by atoms with Crippen LogP contribution in [0.4, 0.5) is 0 Å². The summed E-state index contributed by atoms with van der Waals surface area (Å²) in [6.45, 7) is 2.49. The van der Waals surface area contributed by atoms with Gasteiger partial charge in [0.15, 0.2) is 5.16 Å². The molecule has 5 nitrogen and oxygen atoms in total. The Balaban J connectivity index is 1.68. The minimum atomic E-state index is -0.0114. The Bertz CT molecular complexity index is 747. The van der Waals surface area contributed by atoms with Crippen LogP contribution in [0.1, 0.15) is 39.0 Å². The molecule has 1 amide bonds. The van der Waals surface area contributed by atoms with E-state index < -0.39 is 0 Å². The average Bonchev–Trinajstić information content (AvgIpc) is 3.03. The molecule has 124 valence electrons. The highest BCUT2D eigenvalue weighted by Crippen LogP contribution is 2.21. The van der Waals surface area contributed by atoms with E-state index >= 15 is 0 Å². The van der Waals surface area contributed by atoms with Gasteiger partial charge in [-0.25, -0.2) is 4.98 Å². The van der Waals surface area contributed by atoms with Crippen molar-refractivity contribution in [2.45, 2.75) is 56.8 Å². The Morgan fingerprint density at radius 2 is 2.22 bits per heavy atom. The summed E-state index contributed by atoms with van der Waals surface area (Å²) < 4.78 is 2.33. The van der Waals surface area contributed by atoms with Gasteiger partial charge in [-0.3, -0.25) is 14.2 Å². The van der Waals surface area contributed by atoms with E-state index in [0.717, 1.165) is 18.4 Å². The van der Waals surface area contributed by atoms with E-state index in [2.05, 4.69) is 10.3 Å². The number of nitrogens with zero attached hydrogens (tertiary/aromatic N) is 2. The van der Waals surface area contributed by atoms with Crippen molar-refractivity contribution in [1.82, 2.24) is 14.9 Å². The molecule has 2 heterocycles. The zero-order valence-corrected chi connectivity index (χ0v) is 14.8. The van der Waals surface area contributed by atoms with Crippen molar-refractivity contribution in [3.8, 4) is 0 Å². The second-order valence-electron chi connectivity index (χ2n) is 5.77. The lowest BCUT2D eigenvalue weighted by Gasteiger charge is -2.22. The van der Waals surface area contributed by atoms with Crippen LogP contribution in [-0.4, -0.2) is 27.3 Å². The fraction of sp³-hybridized carbons (Fsp3) is 0.562. The normalized spacial score (nSPS) is 15.9. The highest BCUT2D eigenvalue weighted by atomic mass is 32.2. The van der Waals surface area contributed by atoms with Crippen molar-refractivity contribution in [2.75, 3.05) is 5.75 Å². The molecular formula is C16H21N3O2S2. The third-order valence-corrected chi connectivity index (χ3v) is 6.02. The van der Waals surface area contributed by atoms with Crippen LogP contribution in [0.2, 0.25) is 0 Å². The summed E-state index contributed by atoms with van der Waals surface area (Å²) in [6.07, 6.45) is 5.83. The molecule has 0 saturated heterocycles. The van der Waals surface area contributed by atoms with Gasteiger partial charge in [-0.1, -0.05) is 31.0 Å². The van der Waals surface area contributed by atoms with Crippen molar-refractivity contribution in [3.63, 3.8) is 0 Å². The van der Waals surface area contributed by atoms with Crippen molar-refractivity contribution >= 4 is 39.2 Å². The number of nitrogens with one attached hydrogen (secondary N) is 1. The van der Waals surface area contributed by atoms with E-state index in [4.69, 9.17) is 0 Å². The van der Waals surface area contributed by atoms with E-state index in [-0.39, 0.29) is 11.5 Å². The fourth-order valence-corrected chi connectivity index (χ4v) is 4.61. The summed E-state index contributed by atoms with van der Waals surface area (Å²) in [5.41, 5.74) is 0.711. The largest absolute Gasteiger partial charge is 0.353 e. The first-order valence-electron chi connectivity index (χ1n) is 8.09. The third kappa shape index (κ3) is 3.77. The Morgan fingerprint density at radius 1 is 1.43 bits per heavy atom. The van der Waals surface area contributed by atoms with Gasteiger partial charge in [0.1, 0.15) is 4.70 Å². The van der Waals surface area contributed by atoms with Gasteiger partial charge in [0.2, 0.25) is 5.91 Å². The van der Waals surface area contributed by atoms with Gasteiger partial charge in [-0.2, -0.15) is 0 Å². The summed E-state index contributed by atoms with van der Waals surface area (Å²) in [5.74, 6) is 0.336. The third-order valence-electron chi connectivity index (χ3n) is 4.15. The smallest absolute Gasteiger partial charge is 0.272 e. The van der Waals surface area contributed by atoms with Gasteiger partial charge in [0.25, 0.3) is 5.56 Å². The van der Waals surface area contributed by atoms with Gasteiger partial charge in [0.05, 0.1) is 11.3 Å². The molecule has 3 rings (SSSR count). The molecule has 0 radical (unpaired) electrons. The lowest BCUT2D eigenvalue weighted by Crippen LogP contribution is -2.37. The summed E-state index contributed by atoms with van der Waals surface area (Å²) in [4.78, 5) is 29.1. The standard InChI is InChI=1S/C16H21N3O2S2/c1-2-19-15(21)14-12(8-9-22-14)18-16(19)23-10-13(20)17-11-6-4-3-5-7-11/h8-9,11H,2-7,10H2,1H3,(H,17,20). The van der Waals surface area contributed by atoms with Crippen LogP contribution in [-0.2, 0) is 11.3 Å². The molecule has 1 N–H and O–H groups in total. The molecule has 2 aromatic rings. The number of carbonyl (C=O) groups is 1. The minimum Gasteiger partial charge on any atom is -0.353 e. The molecule has 0 bridgehead atoms. The quantitative estimate of drug-likeness (QED) is 0.664. The molecule has 0 atom stereocenters. The molecule has 2 aromatic heterocycles. The lowest BCUT2D eigenvalue weighted by atomic mass is 9.95. The first-order chi connectivity index (χ1) is 11.2. The number of thioether (sulfide) groups is 1. The van der Waals surface area contributed by atoms with E-state index in [1.165, 1.54) is 42.4 Å². The highest BCUT2D eigenvalue weighted by Gasteiger charge is 2.17. The highest BCUT2D eigenvalue weighted by molar-refractivity contribution is 7.99. The van der Waals surface area contributed by atoms with Gasteiger partial charge in [0, 0.05) is 12.6 Å². The maximum absolute atomic E-state index is 12.4. The predicted molar refractivity (Wildman–Crippen MR) is 95.3 cm³/mol. The summed E-state index contributed by atoms with van der Waals surface area (Å²) in [7, 11) is 0. The predicted octanol–water partition coefficient (Wildman–Crippen LogP) is 3.02. The molecule has 1 aliphatic carbocycles. The molecule has 7 heteroatoms. The summed E-state index contributed by atoms with van der Waals surface area (Å²) in [6, 6.07) is 2.17. The number of aromatic nitrogens is 2. The van der Waals surface area contributed by atoms with Crippen LogP contribution in [0.5, 0.6) is 0 Å². The maximum atomic E-state index is 12.4. The van der Waals surface area contributed by atoms with Crippen molar-refractivity contribution in [2.24, 2.45) is 0 Å². The average molecular weight is 351 g/mol. The summed E-state index contributed by atoms with van der Waals surface area (Å²) >= 11 is 2.76. The topological polar surface area (TPSA) is 64.0 Å². The zero-order chi connectivity index (χ0) is 16.2. The van der Waals surface area contributed by atoms with Crippen LogP contribution in [0.15, 0.2) is 21.4 Å². The molecule has 1 aliphatic rings. The number of fused-ring (bicyclic) bond motifs is 1. The van der Waals surface area contributed by atoms with Gasteiger partial charge in [-0.15, -0.1) is 11.3 Å². The Morgan fingerprint density at radius 3 is 2.96 bits per heavy atom. The second-order valence-corrected chi connectivity index (χ2v) is 7.63. The molecule has 0 unspecified atom stereocenters. The van der Waals surface area contributed by atoms with Crippen LogP contribution in [0.3, 0.4) is 0 Å². The number of carbonyl (C=O) groups excluding carboxylic acids is 1. The van der Waals surface area contributed by atoms with E-state index in [0.29, 0.717) is 28.2 Å². The number of rotatable bonds is 5. The minimum absolute atomic E-state index is 0.0114. The number of thiophene rings is 1. The first-order valence-corrected chi connectivity index (χ1v) is 9.95. The van der Waals surface area contributed by atoms with Crippen molar-refractivity contribution < 1.29 is 4.79 Å². The molecule has 1 saturated carbocycles. The molecule has 23 heavy (non-hydrogen) atoms. The molecule has 1 fully saturated rings. The SMILES string of the molecule is CCn1c(SCC(=O)NC2CCCCC2)nc2ccsc2c1=O. The molecule has 0 spiro atoms. The molecular weight excluding hydrogens is 330 g/mol. The van der Waals surface area contributed by atoms with Crippen molar-refractivity contribution in [3.05, 3.63) is 21.8 Å². The Kier molecular flexibility index (Phi) is 5.38. The number of amides is 1. The number of hydrogen-bond acceptors (Lipinski definition) is 5. The first kappa shape index (κ1) is 16.5.